The van der Waals surface area contributed by atoms with Crippen molar-refractivity contribution in [1.82, 2.24) is 9.88 Å². The molecule has 1 aromatic heterocycles. The second-order valence-electron chi connectivity index (χ2n) is 4.49. The van der Waals surface area contributed by atoms with Crippen molar-refractivity contribution in [2.24, 2.45) is 0 Å². The van der Waals surface area contributed by atoms with Gasteiger partial charge in [-0.2, -0.15) is 0 Å². The molecule has 5 nitrogen and oxygen atoms in total. The molecule has 1 saturated heterocycles. The Hall–Kier alpha value is -1.78. The summed E-state index contributed by atoms with van der Waals surface area (Å²) in [5.74, 6) is 0.971. The van der Waals surface area contributed by atoms with E-state index in [2.05, 4.69) is 4.98 Å². The quantitative estimate of drug-likeness (QED) is 0.774. The molecular formula is C12H18N4O. The fourth-order valence-corrected chi connectivity index (χ4v) is 1.91. The van der Waals surface area contributed by atoms with Crippen molar-refractivity contribution in [2.45, 2.75) is 13.3 Å². The standard InChI is InChI=1S/C12H18N4O/c1-9-6-11(14-7-10(9)13)16-5-3-4-15(2)12(17)8-16/h6-7H,3-5,8,13H2,1-2H3. The van der Waals surface area contributed by atoms with Crippen LogP contribution in [0.3, 0.4) is 0 Å². The summed E-state index contributed by atoms with van der Waals surface area (Å²) < 4.78 is 0. The highest BCUT2D eigenvalue weighted by Crippen LogP contribution is 2.18. The highest BCUT2D eigenvalue weighted by atomic mass is 16.2. The van der Waals surface area contributed by atoms with Gasteiger partial charge in [0, 0.05) is 20.1 Å². The van der Waals surface area contributed by atoms with E-state index in [9.17, 15) is 4.79 Å². The van der Waals surface area contributed by atoms with Gasteiger partial charge < -0.3 is 15.5 Å². The monoisotopic (exact) mass is 234 g/mol. The predicted octanol–water partition coefficient (Wildman–Crippen LogP) is 0.641. The molecule has 2 heterocycles. The van der Waals surface area contributed by atoms with Crippen molar-refractivity contribution in [3.8, 4) is 0 Å². The number of carbonyl (C=O) groups excluding carboxylic acids is 1. The highest BCUT2D eigenvalue weighted by molar-refractivity contribution is 5.81. The van der Waals surface area contributed by atoms with Gasteiger partial charge in [0.2, 0.25) is 5.91 Å². The Bertz CT molecular complexity index is 433. The third kappa shape index (κ3) is 2.49. The van der Waals surface area contributed by atoms with Crippen molar-refractivity contribution in [2.75, 3.05) is 37.3 Å². The van der Waals surface area contributed by atoms with Crippen molar-refractivity contribution in [1.29, 1.82) is 0 Å². The number of pyridine rings is 1. The highest BCUT2D eigenvalue weighted by Gasteiger charge is 2.19. The second-order valence-corrected chi connectivity index (χ2v) is 4.49. The van der Waals surface area contributed by atoms with E-state index < -0.39 is 0 Å². The van der Waals surface area contributed by atoms with Gasteiger partial charge >= 0.3 is 0 Å². The van der Waals surface area contributed by atoms with Crippen LogP contribution in [0.25, 0.3) is 0 Å². The van der Waals surface area contributed by atoms with Gasteiger partial charge in [0.15, 0.2) is 0 Å². The molecule has 1 aromatic rings. The first kappa shape index (κ1) is 11.7. The first-order chi connectivity index (χ1) is 8.08. The summed E-state index contributed by atoms with van der Waals surface area (Å²) in [5.41, 5.74) is 7.43. The Morgan fingerprint density at radius 3 is 2.88 bits per heavy atom. The predicted molar refractivity (Wildman–Crippen MR) is 67.9 cm³/mol. The maximum Gasteiger partial charge on any atom is 0.241 e. The third-order valence-electron chi connectivity index (χ3n) is 3.13. The van der Waals surface area contributed by atoms with Gasteiger partial charge in [-0.3, -0.25) is 4.79 Å². The molecule has 1 aliphatic rings. The van der Waals surface area contributed by atoms with Gasteiger partial charge in [-0.05, 0) is 25.0 Å². The van der Waals surface area contributed by atoms with Crippen LogP contribution in [0.15, 0.2) is 12.3 Å². The van der Waals surface area contributed by atoms with Crippen molar-refractivity contribution in [3.63, 3.8) is 0 Å². The molecule has 0 bridgehead atoms. The van der Waals surface area contributed by atoms with E-state index in [1.807, 2.05) is 24.9 Å². The van der Waals surface area contributed by atoms with Crippen LogP contribution in [-0.2, 0) is 4.79 Å². The number of aryl methyl sites for hydroxylation is 1. The Labute approximate surface area is 101 Å². The number of nitrogen functional groups attached to an aromatic ring is 1. The number of anilines is 2. The fraction of sp³-hybridized carbons (Fsp3) is 0.500. The average molecular weight is 234 g/mol. The maximum absolute atomic E-state index is 11.8. The number of rotatable bonds is 1. The second kappa shape index (κ2) is 4.61. The number of nitrogens with zero attached hydrogens (tertiary/aromatic N) is 3. The zero-order valence-electron chi connectivity index (χ0n) is 10.3. The van der Waals surface area contributed by atoms with Crippen molar-refractivity contribution >= 4 is 17.4 Å². The fourth-order valence-electron chi connectivity index (χ4n) is 1.91. The van der Waals surface area contributed by atoms with Crippen LogP contribution in [0.5, 0.6) is 0 Å². The first-order valence-corrected chi connectivity index (χ1v) is 5.79. The van der Waals surface area contributed by atoms with Gasteiger partial charge in [0.1, 0.15) is 5.82 Å². The third-order valence-corrected chi connectivity index (χ3v) is 3.13. The molecule has 1 amide bonds. The number of likely N-dealkylation sites (N-methyl/N-ethyl adjacent to an activating group) is 1. The van der Waals surface area contributed by atoms with E-state index in [1.54, 1.807) is 11.1 Å². The number of aromatic nitrogens is 1. The largest absolute Gasteiger partial charge is 0.397 e. The van der Waals surface area contributed by atoms with Gasteiger partial charge in [-0.1, -0.05) is 0 Å². The molecule has 1 fully saturated rings. The number of amides is 1. The summed E-state index contributed by atoms with van der Waals surface area (Å²) in [6, 6.07) is 1.94. The molecule has 1 aliphatic heterocycles. The topological polar surface area (TPSA) is 62.5 Å². The van der Waals surface area contributed by atoms with Crippen LogP contribution >= 0.6 is 0 Å². The molecule has 0 aromatic carbocycles. The smallest absolute Gasteiger partial charge is 0.241 e. The van der Waals surface area contributed by atoms with E-state index in [1.165, 1.54) is 0 Å². The lowest BCUT2D eigenvalue weighted by molar-refractivity contribution is -0.127. The summed E-state index contributed by atoms with van der Waals surface area (Å²) >= 11 is 0. The van der Waals surface area contributed by atoms with Crippen LogP contribution in [0.1, 0.15) is 12.0 Å². The van der Waals surface area contributed by atoms with E-state index in [4.69, 9.17) is 5.73 Å². The number of nitrogens with two attached hydrogens (primary N) is 1. The molecule has 92 valence electrons. The van der Waals surface area contributed by atoms with Crippen LogP contribution in [-0.4, -0.2) is 42.5 Å². The minimum Gasteiger partial charge on any atom is -0.397 e. The Morgan fingerprint density at radius 1 is 1.41 bits per heavy atom. The lowest BCUT2D eigenvalue weighted by Gasteiger charge is -2.21. The Kier molecular flexibility index (Phi) is 3.17. The summed E-state index contributed by atoms with van der Waals surface area (Å²) in [6.45, 7) is 4.01. The minimum atomic E-state index is 0.138. The van der Waals surface area contributed by atoms with Crippen molar-refractivity contribution < 1.29 is 4.79 Å². The normalized spacial score (nSPS) is 17.2. The molecule has 0 radical (unpaired) electrons. The van der Waals surface area contributed by atoms with Gasteiger partial charge in [0.05, 0.1) is 18.4 Å². The lowest BCUT2D eigenvalue weighted by atomic mass is 10.2. The molecule has 0 spiro atoms. The Morgan fingerprint density at radius 2 is 2.18 bits per heavy atom. The average Bonchev–Trinajstić information content (AvgIpc) is 2.46. The Balaban J connectivity index is 2.21. The van der Waals surface area contributed by atoms with Crippen LogP contribution in [0.4, 0.5) is 11.5 Å². The summed E-state index contributed by atoms with van der Waals surface area (Å²) in [5, 5.41) is 0. The van der Waals surface area contributed by atoms with Crippen LogP contribution in [0.2, 0.25) is 0 Å². The molecule has 2 rings (SSSR count). The van der Waals surface area contributed by atoms with E-state index >= 15 is 0 Å². The van der Waals surface area contributed by atoms with E-state index in [-0.39, 0.29) is 5.91 Å². The molecule has 17 heavy (non-hydrogen) atoms. The lowest BCUT2D eigenvalue weighted by Crippen LogP contribution is -2.34. The summed E-state index contributed by atoms with van der Waals surface area (Å²) in [4.78, 5) is 19.9. The van der Waals surface area contributed by atoms with Crippen LogP contribution in [0, 0.1) is 6.92 Å². The van der Waals surface area contributed by atoms with E-state index in [0.29, 0.717) is 12.2 Å². The van der Waals surface area contributed by atoms with Crippen molar-refractivity contribution in [3.05, 3.63) is 17.8 Å². The van der Waals surface area contributed by atoms with E-state index in [0.717, 1.165) is 30.9 Å². The molecule has 0 unspecified atom stereocenters. The number of hydrogen-bond donors (Lipinski definition) is 1. The minimum absolute atomic E-state index is 0.138. The molecule has 5 heteroatoms. The maximum atomic E-state index is 11.8. The zero-order chi connectivity index (χ0) is 12.4. The van der Waals surface area contributed by atoms with Crippen LogP contribution < -0.4 is 10.6 Å². The van der Waals surface area contributed by atoms with Gasteiger partial charge in [-0.25, -0.2) is 4.98 Å². The molecule has 0 aliphatic carbocycles. The van der Waals surface area contributed by atoms with Gasteiger partial charge in [0.25, 0.3) is 0 Å². The molecule has 0 atom stereocenters. The first-order valence-electron chi connectivity index (χ1n) is 5.79. The molecule has 2 N–H and O–H groups in total. The summed E-state index contributed by atoms with van der Waals surface area (Å²) in [7, 11) is 1.84. The molecule has 0 saturated carbocycles. The van der Waals surface area contributed by atoms with Gasteiger partial charge in [-0.15, -0.1) is 0 Å². The zero-order valence-corrected chi connectivity index (χ0v) is 10.3. The SMILES string of the molecule is Cc1cc(N2CCCN(C)C(=O)C2)ncc1N. The number of hydrogen-bond acceptors (Lipinski definition) is 4. The number of carbonyl (C=O) groups is 1. The summed E-state index contributed by atoms with van der Waals surface area (Å²) in [6.07, 6.45) is 2.62. The molecular weight excluding hydrogens is 216 g/mol.